The number of nitrogens with two attached hydrogens (primary N) is 1. The lowest BCUT2D eigenvalue weighted by molar-refractivity contribution is 0.0464. The number of rotatable bonds is 1. The maximum Gasteiger partial charge on any atom is 0.256 e. The van der Waals surface area contributed by atoms with Crippen LogP contribution in [0.15, 0.2) is 0 Å². The van der Waals surface area contributed by atoms with E-state index in [2.05, 4.69) is 5.32 Å². The molecular weight excluding hydrogens is 150 g/mol. The van der Waals surface area contributed by atoms with Crippen molar-refractivity contribution in [3.63, 3.8) is 0 Å². The van der Waals surface area contributed by atoms with Gasteiger partial charge in [-0.15, -0.1) is 0 Å². The highest BCUT2D eigenvalue weighted by Gasteiger charge is 2.35. The van der Waals surface area contributed by atoms with Gasteiger partial charge in [-0.3, -0.25) is 0 Å². The summed E-state index contributed by atoms with van der Waals surface area (Å²) in [5.74, 6) is 0. The predicted octanol–water partition coefficient (Wildman–Crippen LogP) is 0.722. The molecule has 3 N–H and O–H groups in total. The van der Waals surface area contributed by atoms with Crippen molar-refractivity contribution in [2.24, 2.45) is 5.73 Å². The fourth-order valence-electron chi connectivity index (χ4n) is 1.33. The second kappa shape index (κ2) is 3.45. The first kappa shape index (κ1) is 8.87. The van der Waals surface area contributed by atoms with Gasteiger partial charge >= 0.3 is 0 Å². The van der Waals surface area contributed by atoms with Crippen LogP contribution in [0.1, 0.15) is 19.3 Å². The van der Waals surface area contributed by atoms with Crippen LogP contribution in [-0.4, -0.2) is 25.1 Å². The third-order valence-electron chi connectivity index (χ3n) is 2.20. The zero-order chi connectivity index (χ0) is 8.32. The maximum absolute atomic E-state index is 12.3. The molecule has 1 rings (SSSR count). The normalized spacial score (nSPS) is 33.8. The van der Waals surface area contributed by atoms with E-state index in [9.17, 15) is 8.78 Å². The molecule has 0 spiro atoms. The van der Waals surface area contributed by atoms with Crippen molar-refractivity contribution in [1.82, 2.24) is 5.32 Å². The number of hydrogen-bond donors (Lipinski definition) is 2. The Morgan fingerprint density at radius 3 is 2.64 bits per heavy atom. The molecule has 0 aromatic rings. The lowest BCUT2D eigenvalue weighted by Gasteiger charge is -2.26. The van der Waals surface area contributed by atoms with Crippen LogP contribution in [0, 0.1) is 0 Å². The SMILES string of the molecule is NC1(C(F)F)CCCNCC1. The van der Waals surface area contributed by atoms with Crippen molar-refractivity contribution in [2.45, 2.75) is 31.2 Å². The van der Waals surface area contributed by atoms with Crippen LogP contribution < -0.4 is 11.1 Å². The second-order valence-electron chi connectivity index (χ2n) is 3.14. The molecule has 0 saturated carbocycles. The van der Waals surface area contributed by atoms with Gasteiger partial charge < -0.3 is 11.1 Å². The van der Waals surface area contributed by atoms with Crippen LogP contribution in [0.4, 0.5) is 8.78 Å². The van der Waals surface area contributed by atoms with Crippen molar-refractivity contribution in [2.75, 3.05) is 13.1 Å². The average molecular weight is 164 g/mol. The molecule has 1 saturated heterocycles. The first-order chi connectivity index (χ1) is 5.15. The Balaban J connectivity index is 2.52. The summed E-state index contributed by atoms with van der Waals surface area (Å²) < 4.78 is 24.7. The summed E-state index contributed by atoms with van der Waals surface area (Å²) in [5.41, 5.74) is 4.28. The molecule has 4 heteroatoms. The van der Waals surface area contributed by atoms with Crippen molar-refractivity contribution in [3.8, 4) is 0 Å². The number of hydrogen-bond acceptors (Lipinski definition) is 2. The van der Waals surface area contributed by atoms with E-state index < -0.39 is 12.0 Å². The van der Waals surface area contributed by atoms with E-state index in [-0.39, 0.29) is 0 Å². The standard InChI is InChI=1S/C7H14F2N2/c8-6(9)7(10)2-1-4-11-5-3-7/h6,11H,1-5,10H2. The van der Waals surface area contributed by atoms with Gasteiger partial charge in [0.25, 0.3) is 6.43 Å². The van der Waals surface area contributed by atoms with E-state index in [0.717, 1.165) is 13.0 Å². The first-order valence-corrected chi connectivity index (χ1v) is 3.93. The van der Waals surface area contributed by atoms with E-state index in [1.54, 1.807) is 0 Å². The molecule has 2 nitrogen and oxygen atoms in total. The Labute approximate surface area is 65.1 Å². The third-order valence-corrected chi connectivity index (χ3v) is 2.20. The van der Waals surface area contributed by atoms with Gasteiger partial charge in [0.1, 0.15) is 0 Å². The van der Waals surface area contributed by atoms with Gasteiger partial charge in [0.15, 0.2) is 0 Å². The third kappa shape index (κ3) is 2.10. The molecule has 0 aliphatic carbocycles. The van der Waals surface area contributed by atoms with Crippen molar-refractivity contribution in [3.05, 3.63) is 0 Å². The predicted molar refractivity (Wildman–Crippen MR) is 39.6 cm³/mol. The average Bonchev–Trinajstić information content (AvgIpc) is 2.15. The lowest BCUT2D eigenvalue weighted by atomic mass is 9.92. The Hall–Kier alpha value is -0.220. The van der Waals surface area contributed by atoms with Gasteiger partial charge in [-0.2, -0.15) is 0 Å². The highest BCUT2D eigenvalue weighted by atomic mass is 19.3. The zero-order valence-electron chi connectivity index (χ0n) is 6.45. The second-order valence-corrected chi connectivity index (χ2v) is 3.14. The summed E-state index contributed by atoms with van der Waals surface area (Å²) in [6.45, 7) is 1.42. The van der Waals surface area contributed by atoms with Crippen LogP contribution >= 0.6 is 0 Å². The van der Waals surface area contributed by atoms with Crippen LogP contribution in [0.25, 0.3) is 0 Å². The van der Waals surface area contributed by atoms with Gasteiger partial charge in [0, 0.05) is 0 Å². The minimum absolute atomic E-state index is 0.380. The van der Waals surface area contributed by atoms with Gasteiger partial charge in [0.05, 0.1) is 5.54 Å². The van der Waals surface area contributed by atoms with Gasteiger partial charge in [0.2, 0.25) is 0 Å². The molecule has 0 aromatic heterocycles. The quantitative estimate of drug-likeness (QED) is 0.599. The van der Waals surface area contributed by atoms with E-state index in [0.29, 0.717) is 19.4 Å². The number of alkyl halides is 2. The molecule has 1 unspecified atom stereocenters. The van der Waals surface area contributed by atoms with Crippen molar-refractivity contribution < 1.29 is 8.78 Å². The van der Waals surface area contributed by atoms with Crippen LogP contribution in [0.3, 0.4) is 0 Å². The molecule has 0 aromatic carbocycles. The maximum atomic E-state index is 12.3. The van der Waals surface area contributed by atoms with E-state index in [4.69, 9.17) is 5.73 Å². The minimum Gasteiger partial charge on any atom is -0.320 e. The minimum atomic E-state index is -2.39. The fraction of sp³-hybridized carbons (Fsp3) is 1.00. The smallest absolute Gasteiger partial charge is 0.256 e. The highest BCUT2D eigenvalue weighted by Crippen LogP contribution is 2.23. The van der Waals surface area contributed by atoms with Gasteiger partial charge in [-0.25, -0.2) is 8.78 Å². The van der Waals surface area contributed by atoms with Crippen LogP contribution in [0.5, 0.6) is 0 Å². The van der Waals surface area contributed by atoms with Crippen molar-refractivity contribution in [1.29, 1.82) is 0 Å². The van der Waals surface area contributed by atoms with Gasteiger partial charge in [-0.1, -0.05) is 0 Å². The molecule has 1 aliphatic heterocycles. The zero-order valence-corrected chi connectivity index (χ0v) is 6.45. The first-order valence-electron chi connectivity index (χ1n) is 3.93. The highest BCUT2D eigenvalue weighted by molar-refractivity contribution is 4.89. The topological polar surface area (TPSA) is 38.0 Å². The monoisotopic (exact) mass is 164 g/mol. The van der Waals surface area contributed by atoms with E-state index >= 15 is 0 Å². The Bertz CT molecular complexity index is 120. The molecular formula is C7H14F2N2. The molecule has 1 atom stereocenters. The summed E-state index contributed by atoms with van der Waals surface area (Å²) in [7, 11) is 0. The number of halogens is 2. The van der Waals surface area contributed by atoms with Gasteiger partial charge in [-0.05, 0) is 32.4 Å². The molecule has 11 heavy (non-hydrogen) atoms. The van der Waals surface area contributed by atoms with Crippen molar-refractivity contribution >= 4 is 0 Å². The molecule has 0 amide bonds. The summed E-state index contributed by atoms with van der Waals surface area (Å²) in [6, 6.07) is 0. The summed E-state index contributed by atoms with van der Waals surface area (Å²) in [4.78, 5) is 0. The van der Waals surface area contributed by atoms with E-state index in [1.807, 2.05) is 0 Å². The molecule has 0 bridgehead atoms. The van der Waals surface area contributed by atoms with E-state index in [1.165, 1.54) is 0 Å². The van der Waals surface area contributed by atoms with Crippen LogP contribution in [-0.2, 0) is 0 Å². The fourth-order valence-corrected chi connectivity index (χ4v) is 1.33. The summed E-state index contributed by atoms with van der Waals surface area (Å²) in [5, 5.41) is 3.04. The molecule has 1 aliphatic rings. The molecule has 1 fully saturated rings. The Morgan fingerprint density at radius 2 is 2.00 bits per heavy atom. The molecule has 0 radical (unpaired) electrons. The summed E-state index contributed by atoms with van der Waals surface area (Å²) in [6.07, 6.45) is -0.828. The number of nitrogens with one attached hydrogen (secondary N) is 1. The van der Waals surface area contributed by atoms with Crippen LogP contribution in [0.2, 0.25) is 0 Å². The molecule has 66 valence electrons. The summed E-state index contributed by atoms with van der Waals surface area (Å²) >= 11 is 0. The molecule has 1 heterocycles. The Kier molecular flexibility index (Phi) is 2.78. The Morgan fingerprint density at radius 1 is 1.27 bits per heavy atom. The largest absolute Gasteiger partial charge is 0.320 e. The lowest BCUT2D eigenvalue weighted by Crippen LogP contribution is -2.47.